The molecule has 1 aliphatic heterocycles. The van der Waals surface area contributed by atoms with Crippen LogP contribution in [0.15, 0.2) is 24.3 Å². The van der Waals surface area contributed by atoms with Crippen LogP contribution in [0.3, 0.4) is 0 Å². The van der Waals surface area contributed by atoms with Crippen molar-refractivity contribution in [1.82, 2.24) is 10.2 Å². The van der Waals surface area contributed by atoms with Crippen molar-refractivity contribution < 1.29 is 14.3 Å². The monoisotopic (exact) mass is 360 g/mol. The molecule has 26 heavy (non-hydrogen) atoms. The average molecular weight is 360 g/mol. The molecule has 5 heteroatoms. The summed E-state index contributed by atoms with van der Waals surface area (Å²) in [6.07, 6.45) is 5.03. The molecular formula is C21H32N2O3. The number of benzene rings is 1. The zero-order valence-corrected chi connectivity index (χ0v) is 16.3. The van der Waals surface area contributed by atoms with E-state index in [0.717, 1.165) is 37.2 Å². The largest absolute Gasteiger partial charge is 0.497 e. The zero-order chi connectivity index (χ0) is 18.9. The van der Waals surface area contributed by atoms with Crippen LogP contribution in [0.25, 0.3) is 0 Å². The van der Waals surface area contributed by atoms with Crippen molar-refractivity contribution >= 4 is 11.8 Å². The van der Waals surface area contributed by atoms with Gasteiger partial charge in [-0.15, -0.1) is 0 Å². The standard InChI is InChI=1S/C21H32N2O3/c1-16(2)15-19(21(25)23-13-5-4-6-14-23)22-20(24)12-9-17-7-10-18(26-3)11-8-17/h7-8,10-11,16,19H,4-6,9,12-15H2,1-3H3,(H,22,24)/t19-/m0/s1. The smallest absolute Gasteiger partial charge is 0.245 e. The fourth-order valence-corrected chi connectivity index (χ4v) is 3.34. The molecule has 0 radical (unpaired) electrons. The average Bonchev–Trinajstić information content (AvgIpc) is 2.66. The van der Waals surface area contributed by atoms with Crippen molar-refractivity contribution in [3.05, 3.63) is 29.8 Å². The number of amides is 2. The molecule has 1 saturated heterocycles. The Kier molecular flexibility index (Phi) is 7.95. The van der Waals surface area contributed by atoms with Crippen molar-refractivity contribution in [3.63, 3.8) is 0 Å². The summed E-state index contributed by atoms with van der Waals surface area (Å²) in [5.74, 6) is 1.19. The van der Waals surface area contributed by atoms with Gasteiger partial charge in [0.05, 0.1) is 7.11 Å². The number of piperidine rings is 1. The summed E-state index contributed by atoms with van der Waals surface area (Å²) in [7, 11) is 1.64. The van der Waals surface area contributed by atoms with Gasteiger partial charge in [0, 0.05) is 19.5 Å². The summed E-state index contributed by atoms with van der Waals surface area (Å²) >= 11 is 0. The predicted molar refractivity (Wildman–Crippen MR) is 103 cm³/mol. The number of hydrogen-bond donors (Lipinski definition) is 1. The molecule has 0 aromatic heterocycles. The van der Waals surface area contributed by atoms with E-state index in [1.165, 1.54) is 6.42 Å². The highest BCUT2D eigenvalue weighted by molar-refractivity contribution is 5.87. The number of ether oxygens (including phenoxy) is 1. The van der Waals surface area contributed by atoms with Crippen LogP contribution in [-0.4, -0.2) is 43.0 Å². The molecule has 1 N–H and O–H groups in total. The van der Waals surface area contributed by atoms with Gasteiger partial charge in [-0.05, 0) is 55.7 Å². The summed E-state index contributed by atoms with van der Waals surface area (Å²) < 4.78 is 5.15. The van der Waals surface area contributed by atoms with Gasteiger partial charge in [0.15, 0.2) is 0 Å². The SMILES string of the molecule is COc1ccc(CCC(=O)N[C@@H](CC(C)C)C(=O)N2CCCCC2)cc1. The maximum Gasteiger partial charge on any atom is 0.245 e. The number of nitrogens with zero attached hydrogens (tertiary/aromatic N) is 1. The number of hydrogen-bond acceptors (Lipinski definition) is 3. The highest BCUT2D eigenvalue weighted by Gasteiger charge is 2.27. The Labute approximate surface area is 157 Å². The summed E-state index contributed by atoms with van der Waals surface area (Å²) in [6.45, 7) is 5.80. The molecule has 1 aliphatic rings. The van der Waals surface area contributed by atoms with Crippen molar-refractivity contribution in [2.45, 2.75) is 58.4 Å². The third-order valence-corrected chi connectivity index (χ3v) is 4.81. The van der Waals surface area contributed by atoms with Crippen LogP contribution in [0, 0.1) is 5.92 Å². The van der Waals surface area contributed by atoms with E-state index < -0.39 is 6.04 Å². The lowest BCUT2D eigenvalue weighted by Crippen LogP contribution is -2.50. The van der Waals surface area contributed by atoms with Crippen LogP contribution in [0.2, 0.25) is 0 Å². The maximum atomic E-state index is 12.8. The van der Waals surface area contributed by atoms with Gasteiger partial charge in [-0.3, -0.25) is 9.59 Å². The van der Waals surface area contributed by atoms with Gasteiger partial charge in [0.25, 0.3) is 0 Å². The van der Waals surface area contributed by atoms with Gasteiger partial charge < -0.3 is 15.0 Å². The molecule has 1 aromatic rings. The lowest BCUT2D eigenvalue weighted by atomic mass is 10.0. The van der Waals surface area contributed by atoms with E-state index >= 15 is 0 Å². The predicted octanol–water partition coefficient (Wildman–Crippen LogP) is 3.17. The number of carbonyl (C=O) groups excluding carboxylic acids is 2. The first-order chi connectivity index (χ1) is 12.5. The first-order valence-electron chi connectivity index (χ1n) is 9.70. The van der Waals surface area contributed by atoms with Crippen LogP contribution in [0.4, 0.5) is 0 Å². The third kappa shape index (κ3) is 6.36. The Morgan fingerprint density at radius 1 is 1.12 bits per heavy atom. The number of rotatable bonds is 8. The minimum absolute atomic E-state index is 0.0585. The molecule has 0 unspecified atom stereocenters. The normalized spacial score (nSPS) is 15.6. The van der Waals surface area contributed by atoms with Crippen molar-refractivity contribution in [1.29, 1.82) is 0 Å². The van der Waals surface area contributed by atoms with E-state index in [4.69, 9.17) is 4.74 Å². The number of methoxy groups -OCH3 is 1. The van der Waals surface area contributed by atoms with Crippen molar-refractivity contribution in [2.75, 3.05) is 20.2 Å². The second-order valence-electron chi connectivity index (χ2n) is 7.48. The highest BCUT2D eigenvalue weighted by atomic mass is 16.5. The maximum absolute atomic E-state index is 12.8. The number of carbonyl (C=O) groups is 2. The summed E-state index contributed by atoms with van der Waals surface area (Å²) in [4.78, 5) is 27.1. The van der Waals surface area contributed by atoms with Gasteiger partial charge in [0.2, 0.25) is 11.8 Å². The Bertz CT molecular complexity index is 577. The van der Waals surface area contributed by atoms with Gasteiger partial charge in [0.1, 0.15) is 11.8 Å². The minimum atomic E-state index is -0.406. The summed E-state index contributed by atoms with van der Waals surface area (Å²) in [6, 6.07) is 7.33. The van der Waals surface area contributed by atoms with Gasteiger partial charge in [-0.2, -0.15) is 0 Å². The third-order valence-electron chi connectivity index (χ3n) is 4.81. The molecule has 1 atom stereocenters. The van der Waals surface area contributed by atoms with Crippen LogP contribution in [-0.2, 0) is 16.0 Å². The minimum Gasteiger partial charge on any atom is -0.497 e. The molecule has 0 aliphatic carbocycles. The molecule has 1 heterocycles. The summed E-state index contributed by atoms with van der Waals surface area (Å²) in [5, 5.41) is 2.98. The molecule has 5 nitrogen and oxygen atoms in total. The van der Waals surface area contributed by atoms with E-state index in [1.807, 2.05) is 29.2 Å². The van der Waals surface area contributed by atoms with Gasteiger partial charge in [-0.25, -0.2) is 0 Å². The van der Waals surface area contributed by atoms with E-state index in [9.17, 15) is 9.59 Å². The Morgan fingerprint density at radius 3 is 2.35 bits per heavy atom. The lowest BCUT2D eigenvalue weighted by molar-refractivity contribution is -0.137. The van der Waals surface area contributed by atoms with Crippen LogP contribution in [0.5, 0.6) is 5.75 Å². The van der Waals surface area contributed by atoms with Gasteiger partial charge in [-0.1, -0.05) is 26.0 Å². The molecule has 2 rings (SSSR count). The zero-order valence-electron chi connectivity index (χ0n) is 16.3. The van der Waals surface area contributed by atoms with Crippen LogP contribution < -0.4 is 10.1 Å². The highest BCUT2D eigenvalue weighted by Crippen LogP contribution is 2.15. The molecule has 1 fully saturated rings. The summed E-state index contributed by atoms with van der Waals surface area (Å²) in [5.41, 5.74) is 1.09. The second-order valence-corrected chi connectivity index (χ2v) is 7.48. The topological polar surface area (TPSA) is 58.6 Å². The molecule has 0 bridgehead atoms. The fourth-order valence-electron chi connectivity index (χ4n) is 3.34. The van der Waals surface area contributed by atoms with E-state index in [2.05, 4.69) is 19.2 Å². The lowest BCUT2D eigenvalue weighted by Gasteiger charge is -2.31. The van der Waals surface area contributed by atoms with Crippen molar-refractivity contribution in [3.8, 4) is 5.75 Å². The van der Waals surface area contributed by atoms with E-state index in [-0.39, 0.29) is 11.8 Å². The molecule has 1 aromatic carbocycles. The first-order valence-corrected chi connectivity index (χ1v) is 9.70. The molecule has 0 saturated carbocycles. The second kappa shape index (κ2) is 10.2. The molecule has 144 valence electrons. The van der Waals surface area contributed by atoms with Crippen molar-refractivity contribution in [2.24, 2.45) is 5.92 Å². The molecular weight excluding hydrogens is 328 g/mol. The van der Waals surface area contributed by atoms with Gasteiger partial charge >= 0.3 is 0 Å². The van der Waals surface area contributed by atoms with Crippen LogP contribution >= 0.6 is 0 Å². The van der Waals surface area contributed by atoms with E-state index in [0.29, 0.717) is 25.2 Å². The fraction of sp³-hybridized carbons (Fsp3) is 0.619. The quantitative estimate of drug-likeness (QED) is 0.775. The Hall–Kier alpha value is -2.04. The first kappa shape index (κ1) is 20.3. The molecule has 2 amide bonds. The Balaban J connectivity index is 1.89. The number of likely N-dealkylation sites (tertiary alicyclic amines) is 1. The Morgan fingerprint density at radius 2 is 1.77 bits per heavy atom. The molecule has 0 spiro atoms. The number of aryl methyl sites for hydroxylation is 1. The number of nitrogens with one attached hydrogen (secondary N) is 1. The van der Waals surface area contributed by atoms with E-state index in [1.54, 1.807) is 7.11 Å². The van der Waals surface area contributed by atoms with Crippen LogP contribution in [0.1, 0.15) is 51.5 Å².